The first-order chi connectivity index (χ1) is 7.69. The topological polar surface area (TPSA) is 73.9 Å². The van der Waals surface area contributed by atoms with Gasteiger partial charge in [0.15, 0.2) is 0 Å². The van der Waals surface area contributed by atoms with E-state index in [0.29, 0.717) is 13.2 Å². The van der Waals surface area contributed by atoms with Gasteiger partial charge in [0, 0.05) is 12.5 Å². The molecule has 2 atom stereocenters. The van der Waals surface area contributed by atoms with Crippen molar-refractivity contribution in [1.29, 1.82) is 0 Å². The van der Waals surface area contributed by atoms with Crippen LogP contribution in [0.4, 0.5) is 4.79 Å². The number of esters is 1. The van der Waals surface area contributed by atoms with Gasteiger partial charge in [-0.05, 0) is 12.8 Å². The van der Waals surface area contributed by atoms with Gasteiger partial charge in [-0.1, -0.05) is 0 Å². The minimum atomic E-state index is -0.697. The van der Waals surface area contributed by atoms with E-state index in [2.05, 4.69) is 14.8 Å². The highest BCUT2D eigenvalue weighted by atomic mass is 16.5. The van der Waals surface area contributed by atoms with E-state index in [1.807, 2.05) is 0 Å². The number of alkyl carbamates (subject to hydrolysis) is 1. The lowest BCUT2D eigenvalue weighted by atomic mass is 9.94. The Morgan fingerprint density at radius 3 is 2.62 bits per heavy atom. The van der Waals surface area contributed by atoms with E-state index >= 15 is 0 Å². The van der Waals surface area contributed by atoms with Crippen molar-refractivity contribution in [3.05, 3.63) is 0 Å². The zero-order valence-electron chi connectivity index (χ0n) is 9.52. The Balaban J connectivity index is 2.61. The maximum Gasteiger partial charge on any atom is 0.407 e. The lowest BCUT2D eigenvalue weighted by Crippen LogP contribution is -2.48. The molecule has 0 spiro atoms. The molecule has 0 unspecified atom stereocenters. The van der Waals surface area contributed by atoms with Gasteiger partial charge in [0.25, 0.3) is 0 Å². The molecular weight excluding hydrogens is 214 g/mol. The molecule has 0 saturated carbocycles. The van der Waals surface area contributed by atoms with E-state index in [-0.39, 0.29) is 5.92 Å². The van der Waals surface area contributed by atoms with E-state index in [4.69, 9.17) is 4.74 Å². The minimum Gasteiger partial charge on any atom is -0.467 e. The molecule has 1 saturated heterocycles. The predicted octanol–water partition coefficient (Wildman–Crippen LogP) is 0.311. The van der Waals surface area contributed by atoms with Crippen LogP contribution < -0.4 is 5.32 Å². The van der Waals surface area contributed by atoms with Gasteiger partial charge in [-0.25, -0.2) is 9.59 Å². The van der Waals surface area contributed by atoms with Crippen LogP contribution in [0, 0.1) is 5.92 Å². The van der Waals surface area contributed by atoms with Crippen LogP contribution in [0.25, 0.3) is 0 Å². The lowest BCUT2D eigenvalue weighted by Gasteiger charge is -2.28. The van der Waals surface area contributed by atoms with E-state index in [1.54, 1.807) is 0 Å². The summed E-state index contributed by atoms with van der Waals surface area (Å²) in [6.07, 6.45) is 1.06. The average molecular weight is 231 g/mol. The zero-order chi connectivity index (χ0) is 12.0. The lowest BCUT2D eigenvalue weighted by molar-refractivity contribution is -0.146. The van der Waals surface area contributed by atoms with Gasteiger partial charge in [-0.15, -0.1) is 0 Å². The molecule has 16 heavy (non-hydrogen) atoms. The van der Waals surface area contributed by atoms with Crippen molar-refractivity contribution < 1.29 is 23.8 Å². The number of hydrogen-bond donors (Lipinski definition) is 1. The highest BCUT2D eigenvalue weighted by Crippen LogP contribution is 2.18. The zero-order valence-corrected chi connectivity index (χ0v) is 9.52. The Labute approximate surface area is 94.2 Å². The third-order valence-corrected chi connectivity index (χ3v) is 2.58. The molecular formula is C10H17NO5. The fourth-order valence-electron chi connectivity index (χ4n) is 1.71. The summed E-state index contributed by atoms with van der Waals surface area (Å²) in [6, 6.07) is -0.697. The summed E-state index contributed by atoms with van der Waals surface area (Å²) < 4.78 is 14.4. The molecule has 0 aromatic rings. The molecule has 0 bridgehead atoms. The number of nitrogens with one attached hydrogen (secondary N) is 1. The van der Waals surface area contributed by atoms with Gasteiger partial charge in [-0.3, -0.25) is 0 Å². The van der Waals surface area contributed by atoms with Crippen LogP contribution in [-0.2, 0) is 19.0 Å². The number of rotatable bonds is 3. The molecule has 6 nitrogen and oxygen atoms in total. The summed E-state index contributed by atoms with van der Waals surface area (Å²) in [4.78, 5) is 22.6. The van der Waals surface area contributed by atoms with Gasteiger partial charge < -0.3 is 19.5 Å². The first-order valence-corrected chi connectivity index (χ1v) is 5.19. The molecule has 0 aromatic heterocycles. The van der Waals surface area contributed by atoms with Crippen LogP contribution in [0.15, 0.2) is 0 Å². The summed E-state index contributed by atoms with van der Waals surface area (Å²) in [7, 11) is 2.54. The van der Waals surface area contributed by atoms with E-state index in [1.165, 1.54) is 14.2 Å². The number of hydrogen-bond acceptors (Lipinski definition) is 5. The first kappa shape index (κ1) is 12.8. The summed E-state index contributed by atoms with van der Waals surface area (Å²) in [5.41, 5.74) is 0. The van der Waals surface area contributed by atoms with Crippen LogP contribution >= 0.6 is 0 Å². The summed E-state index contributed by atoms with van der Waals surface area (Å²) in [6.45, 7) is 1.15. The molecule has 6 heteroatoms. The molecule has 1 rings (SSSR count). The van der Waals surface area contributed by atoms with Crippen LogP contribution in [0.5, 0.6) is 0 Å². The molecule has 0 aromatic carbocycles. The van der Waals surface area contributed by atoms with Crippen LogP contribution in [0.2, 0.25) is 0 Å². The second-order valence-electron chi connectivity index (χ2n) is 3.61. The number of carbonyl (C=O) groups excluding carboxylic acids is 2. The molecule has 0 radical (unpaired) electrons. The fourth-order valence-corrected chi connectivity index (χ4v) is 1.71. The number of carbonyl (C=O) groups is 2. The molecule has 1 amide bonds. The average Bonchev–Trinajstić information content (AvgIpc) is 2.35. The summed E-state index contributed by atoms with van der Waals surface area (Å²) in [5, 5.41) is 2.47. The molecule has 92 valence electrons. The van der Waals surface area contributed by atoms with E-state index < -0.39 is 18.1 Å². The van der Waals surface area contributed by atoms with Crippen molar-refractivity contribution >= 4 is 12.1 Å². The maximum absolute atomic E-state index is 11.5. The summed E-state index contributed by atoms with van der Waals surface area (Å²) in [5.74, 6) is -0.527. The molecule has 1 aliphatic rings. The highest BCUT2D eigenvalue weighted by Gasteiger charge is 2.32. The SMILES string of the molecule is COC(=O)N[C@H](C(=O)OC)[C@H]1CCCOC1. The third-order valence-electron chi connectivity index (χ3n) is 2.58. The van der Waals surface area contributed by atoms with Gasteiger partial charge >= 0.3 is 12.1 Å². The predicted molar refractivity (Wildman–Crippen MR) is 54.9 cm³/mol. The van der Waals surface area contributed by atoms with Crippen molar-refractivity contribution in [2.24, 2.45) is 5.92 Å². The second-order valence-corrected chi connectivity index (χ2v) is 3.61. The van der Waals surface area contributed by atoms with Crippen molar-refractivity contribution in [2.75, 3.05) is 27.4 Å². The smallest absolute Gasteiger partial charge is 0.407 e. The molecule has 1 fully saturated rings. The minimum absolute atomic E-state index is 0.0553. The molecule has 1 heterocycles. The molecule has 1 N–H and O–H groups in total. The van der Waals surface area contributed by atoms with Gasteiger partial charge in [0.05, 0.1) is 20.8 Å². The molecule has 1 aliphatic heterocycles. The Morgan fingerprint density at radius 1 is 1.38 bits per heavy atom. The van der Waals surface area contributed by atoms with E-state index in [0.717, 1.165) is 12.8 Å². The number of amides is 1. The van der Waals surface area contributed by atoms with Crippen LogP contribution in [0.1, 0.15) is 12.8 Å². The monoisotopic (exact) mass is 231 g/mol. The quantitative estimate of drug-likeness (QED) is 0.708. The van der Waals surface area contributed by atoms with Crippen molar-refractivity contribution in [3.8, 4) is 0 Å². The van der Waals surface area contributed by atoms with Crippen LogP contribution in [-0.4, -0.2) is 45.5 Å². The highest BCUT2D eigenvalue weighted by molar-refractivity contribution is 5.81. The Kier molecular flexibility index (Phi) is 5.04. The van der Waals surface area contributed by atoms with Gasteiger partial charge in [0.1, 0.15) is 6.04 Å². The van der Waals surface area contributed by atoms with E-state index in [9.17, 15) is 9.59 Å². The largest absolute Gasteiger partial charge is 0.467 e. The van der Waals surface area contributed by atoms with Crippen LogP contribution in [0.3, 0.4) is 0 Å². The third kappa shape index (κ3) is 3.37. The second kappa shape index (κ2) is 6.32. The van der Waals surface area contributed by atoms with Gasteiger partial charge in [0.2, 0.25) is 0 Å². The maximum atomic E-state index is 11.5. The number of ether oxygens (including phenoxy) is 3. The Bertz CT molecular complexity index is 250. The first-order valence-electron chi connectivity index (χ1n) is 5.19. The molecule has 0 aliphatic carbocycles. The fraction of sp³-hybridized carbons (Fsp3) is 0.800. The van der Waals surface area contributed by atoms with Crippen molar-refractivity contribution in [2.45, 2.75) is 18.9 Å². The van der Waals surface area contributed by atoms with Crippen molar-refractivity contribution in [3.63, 3.8) is 0 Å². The summed E-state index contributed by atoms with van der Waals surface area (Å²) >= 11 is 0. The Hall–Kier alpha value is -1.30. The Morgan fingerprint density at radius 2 is 2.12 bits per heavy atom. The van der Waals surface area contributed by atoms with Gasteiger partial charge in [-0.2, -0.15) is 0 Å². The number of methoxy groups -OCH3 is 2. The van der Waals surface area contributed by atoms with Crippen molar-refractivity contribution in [1.82, 2.24) is 5.32 Å². The standard InChI is InChI=1S/C10H17NO5/c1-14-9(12)8(11-10(13)15-2)7-4-3-5-16-6-7/h7-8H,3-6H2,1-2H3,(H,11,13)/t7-,8-/m0/s1. The normalized spacial score (nSPS) is 22.0.